The summed E-state index contributed by atoms with van der Waals surface area (Å²) in [5.41, 5.74) is -1.16. The second-order valence-electron chi connectivity index (χ2n) is 6.97. The molecule has 1 unspecified atom stereocenters. The van der Waals surface area contributed by atoms with Crippen molar-refractivity contribution >= 4 is 17.5 Å². The molecule has 0 aliphatic carbocycles. The fourth-order valence-electron chi connectivity index (χ4n) is 3.52. The zero-order valence-corrected chi connectivity index (χ0v) is 17.0. The first-order chi connectivity index (χ1) is 14.7. The summed E-state index contributed by atoms with van der Waals surface area (Å²) >= 11 is 0. The molecule has 11 heteroatoms. The van der Waals surface area contributed by atoms with Crippen molar-refractivity contribution in [1.82, 2.24) is 20.0 Å². The maximum atomic E-state index is 13.4. The number of amides is 2. The number of aryl methyl sites for hydroxylation is 1. The van der Waals surface area contributed by atoms with E-state index in [1.165, 1.54) is 22.9 Å². The van der Waals surface area contributed by atoms with Gasteiger partial charge >= 0.3 is 6.18 Å². The Morgan fingerprint density at radius 2 is 2.03 bits per heavy atom. The summed E-state index contributed by atoms with van der Waals surface area (Å²) in [4.78, 5) is 28.3. The third kappa shape index (κ3) is 4.47. The van der Waals surface area contributed by atoms with E-state index in [2.05, 4.69) is 10.4 Å². The van der Waals surface area contributed by atoms with Gasteiger partial charge in [-0.3, -0.25) is 14.3 Å². The Morgan fingerprint density at radius 1 is 1.29 bits per heavy atom. The lowest BCUT2D eigenvalue weighted by atomic mass is 10.0. The third-order valence-electron chi connectivity index (χ3n) is 5.16. The van der Waals surface area contributed by atoms with Gasteiger partial charge in [-0.1, -0.05) is 0 Å². The number of nitrogens with one attached hydrogen (secondary N) is 1. The number of hydrogen-bond donors (Lipinski definition) is 1. The number of carbonyl (C=O) groups excluding carboxylic acids is 2. The van der Waals surface area contributed by atoms with Gasteiger partial charge in [-0.25, -0.2) is 0 Å². The van der Waals surface area contributed by atoms with Crippen molar-refractivity contribution in [3.8, 4) is 6.07 Å². The number of likely N-dealkylation sites (N-methyl/N-ethyl adjacent to an activating group) is 1. The van der Waals surface area contributed by atoms with Gasteiger partial charge in [0.1, 0.15) is 11.7 Å². The molecule has 2 amide bonds. The highest BCUT2D eigenvalue weighted by Crippen LogP contribution is 2.35. The van der Waals surface area contributed by atoms with E-state index in [0.717, 1.165) is 12.1 Å². The van der Waals surface area contributed by atoms with Crippen LogP contribution in [-0.2, 0) is 17.5 Å². The molecule has 3 rings (SSSR count). The minimum absolute atomic E-state index is 0.0150. The molecular weight excluding hydrogens is 413 g/mol. The van der Waals surface area contributed by atoms with E-state index in [9.17, 15) is 22.8 Å². The third-order valence-corrected chi connectivity index (χ3v) is 5.16. The number of halogens is 3. The number of anilines is 1. The summed E-state index contributed by atoms with van der Waals surface area (Å²) in [6.45, 7) is 2.81. The molecule has 0 radical (unpaired) electrons. The maximum Gasteiger partial charge on any atom is 0.417 e. The molecule has 1 aliphatic heterocycles. The molecule has 1 atom stereocenters. The minimum atomic E-state index is -4.71. The molecule has 164 valence electrons. The van der Waals surface area contributed by atoms with Crippen LogP contribution in [0.15, 0.2) is 30.5 Å². The van der Waals surface area contributed by atoms with E-state index in [1.54, 1.807) is 23.0 Å². The molecular formula is C20H21F3N6O2. The van der Waals surface area contributed by atoms with Crippen LogP contribution in [0, 0.1) is 11.3 Å². The molecule has 8 nitrogen and oxygen atoms in total. The van der Waals surface area contributed by atoms with Crippen molar-refractivity contribution in [2.24, 2.45) is 0 Å². The smallest absolute Gasteiger partial charge is 0.357 e. The number of alkyl halides is 3. The molecule has 0 spiro atoms. The van der Waals surface area contributed by atoms with Crippen LogP contribution in [0.5, 0.6) is 0 Å². The Hall–Kier alpha value is -3.55. The minimum Gasteiger partial charge on any atom is -0.357 e. The highest BCUT2D eigenvalue weighted by atomic mass is 19.4. The van der Waals surface area contributed by atoms with Gasteiger partial charge in [-0.05, 0) is 31.2 Å². The van der Waals surface area contributed by atoms with Crippen molar-refractivity contribution in [3.05, 3.63) is 47.3 Å². The number of aromatic nitrogens is 2. The summed E-state index contributed by atoms with van der Waals surface area (Å²) in [6.07, 6.45) is -3.03. The van der Waals surface area contributed by atoms with Crippen LogP contribution in [0.1, 0.15) is 28.5 Å². The fraction of sp³-hybridized carbons (Fsp3) is 0.400. The van der Waals surface area contributed by atoms with Crippen molar-refractivity contribution in [1.29, 1.82) is 5.26 Å². The average molecular weight is 434 g/mol. The van der Waals surface area contributed by atoms with Gasteiger partial charge in [-0.15, -0.1) is 0 Å². The first-order valence-electron chi connectivity index (χ1n) is 9.62. The standard InChI is InChI=1S/C20H21F3N6O2/c1-3-28-7-6-16(26-28)19(31)27-8-9-29(17(12-27)18(30)25-2)14-5-4-13(11-24)15(10-14)20(21,22)23/h4-7,10,17H,3,8-9,12H2,1-2H3,(H,25,30). The predicted molar refractivity (Wildman–Crippen MR) is 105 cm³/mol. The van der Waals surface area contributed by atoms with E-state index >= 15 is 0 Å². The van der Waals surface area contributed by atoms with Crippen molar-refractivity contribution in [2.75, 3.05) is 31.6 Å². The Kier molecular flexibility index (Phi) is 6.19. The topological polar surface area (TPSA) is 94.3 Å². The van der Waals surface area contributed by atoms with Crippen LogP contribution in [0.3, 0.4) is 0 Å². The van der Waals surface area contributed by atoms with Crippen LogP contribution in [0.4, 0.5) is 18.9 Å². The van der Waals surface area contributed by atoms with Gasteiger partial charge in [0.25, 0.3) is 5.91 Å². The lowest BCUT2D eigenvalue weighted by molar-refractivity contribution is -0.137. The molecule has 1 saturated heterocycles. The molecule has 2 aromatic rings. The van der Waals surface area contributed by atoms with E-state index in [1.807, 2.05) is 6.92 Å². The van der Waals surface area contributed by atoms with E-state index < -0.39 is 29.3 Å². The van der Waals surface area contributed by atoms with Crippen LogP contribution in [0.25, 0.3) is 0 Å². The van der Waals surface area contributed by atoms with E-state index in [-0.39, 0.29) is 36.9 Å². The number of piperazine rings is 1. The second kappa shape index (κ2) is 8.67. The Morgan fingerprint density at radius 3 is 2.61 bits per heavy atom. The fourth-order valence-corrected chi connectivity index (χ4v) is 3.52. The lowest BCUT2D eigenvalue weighted by Gasteiger charge is -2.41. The molecule has 1 aliphatic rings. The highest BCUT2D eigenvalue weighted by molar-refractivity contribution is 5.94. The van der Waals surface area contributed by atoms with Crippen LogP contribution < -0.4 is 10.2 Å². The van der Waals surface area contributed by atoms with Gasteiger partial charge in [-0.2, -0.15) is 23.5 Å². The van der Waals surface area contributed by atoms with Crippen molar-refractivity contribution in [2.45, 2.75) is 25.7 Å². The molecule has 1 N–H and O–H groups in total. The number of nitrogens with zero attached hydrogens (tertiary/aromatic N) is 5. The SMILES string of the molecule is CCn1ccc(C(=O)N2CCN(c3ccc(C#N)c(C(F)(F)F)c3)C(C(=O)NC)C2)n1. The molecule has 0 bridgehead atoms. The largest absolute Gasteiger partial charge is 0.417 e. The average Bonchev–Trinajstić information content (AvgIpc) is 3.26. The van der Waals surface area contributed by atoms with E-state index in [4.69, 9.17) is 5.26 Å². The molecule has 2 heterocycles. The van der Waals surface area contributed by atoms with Crippen LogP contribution in [-0.4, -0.2) is 59.2 Å². The summed E-state index contributed by atoms with van der Waals surface area (Å²) in [5.74, 6) is -0.786. The first kappa shape index (κ1) is 22.1. The monoisotopic (exact) mass is 434 g/mol. The van der Waals surface area contributed by atoms with Gasteiger partial charge in [0.15, 0.2) is 0 Å². The second-order valence-corrected chi connectivity index (χ2v) is 6.97. The summed E-state index contributed by atoms with van der Waals surface area (Å²) in [5, 5.41) is 15.7. The van der Waals surface area contributed by atoms with Crippen molar-refractivity contribution in [3.63, 3.8) is 0 Å². The number of hydrogen-bond acceptors (Lipinski definition) is 5. The Balaban J connectivity index is 1.90. The zero-order valence-electron chi connectivity index (χ0n) is 17.0. The molecule has 1 fully saturated rings. The Labute approximate surface area is 176 Å². The summed E-state index contributed by atoms with van der Waals surface area (Å²) in [7, 11) is 1.42. The Bertz CT molecular complexity index is 1030. The number of benzene rings is 1. The number of nitriles is 1. The molecule has 31 heavy (non-hydrogen) atoms. The molecule has 1 aromatic heterocycles. The number of rotatable bonds is 4. The molecule has 1 aromatic carbocycles. The van der Waals surface area contributed by atoms with E-state index in [0.29, 0.717) is 6.54 Å². The summed E-state index contributed by atoms with van der Waals surface area (Å²) in [6, 6.07) is 5.57. The van der Waals surface area contributed by atoms with Gasteiger partial charge in [0.05, 0.1) is 23.7 Å². The van der Waals surface area contributed by atoms with Crippen LogP contribution in [0.2, 0.25) is 0 Å². The van der Waals surface area contributed by atoms with Gasteiger partial charge in [0.2, 0.25) is 5.91 Å². The van der Waals surface area contributed by atoms with Crippen LogP contribution >= 0.6 is 0 Å². The quantitative estimate of drug-likeness (QED) is 0.793. The number of carbonyl (C=O) groups is 2. The van der Waals surface area contributed by atoms with Crippen molar-refractivity contribution < 1.29 is 22.8 Å². The maximum absolute atomic E-state index is 13.4. The van der Waals surface area contributed by atoms with Gasteiger partial charge in [0, 0.05) is 38.6 Å². The lowest BCUT2D eigenvalue weighted by Crippen LogP contribution is -2.60. The van der Waals surface area contributed by atoms with Gasteiger partial charge < -0.3 is 15.1 Å². The molecule has 0 saturated carbocycles. The normalized spacial score (nSPS) is 16.7. The first-order valence-corrected chi connectivity index (χ1v) is 9.62. The highest BCUT2D eigenvalue weighted by Gasteiger charge is 2.38. The zero-order chi connectivity index (χ0) is 22.8. The summed E-state index contributed by atoms with van der Waals surface area (Å²) < 4.78 is 41.7. The predicted octanol–water partition coefficient (Wildman–Crippen LogP) is 1.87.